The highest BCUT2D eigenvalue weighted by Crippen LogP contribution is 2.36. The third kappa shape index (κ3) is 6.78. The molecule has 0 bridgehead atoms. The molecule has 0 fully saturated rings. The average molecular weight is 556 g/mol. The van der Waals surface area contributed by atoms with Crippen LogP contribution in [0.2, 0.25) is 0 Å². The summed E-state index contributed by atoms with van der Waals surface area (Å²) in [6.45, 7) is 13.7. The second-order valence-corrected chi connectivity index (χ2v) is 12.8. The zero-order chi connectivity index (χ0) is 29.6. The largest absolute Gasteiger partial charge is 0.253 e. The first-order chi connectivity index (χ1) is 20.4. The zero-order valence-electron chi connectivity index (χ0n) is 26.7. The van der Waals surface area contributed by atoms with Gasteiger partial charge < -0.3 is 0 Å². The first kappa shape index (κ1) is 30.0. The van der Waals surface area contributed by atoms with E-state index in [9.17, 15) is 0 Å². The fourth-order valence-electron chi connectivity index (χ4n) is 6.48. The van der Waals surface area contributed by atoms with Crippen LogP contribution in [0.3, 0.4) is 0 Å². The second-order valence-electron chi connectivity index (χ2n) is 12.8. The number of nitrogens with zero attached hydrogens (tertiary/aromatic N) is 1. The van der Waals surface area contributed by atoms with Gasteiger partial charge in [-0.1, -0.05) is 101 Å². The lowest BCUT2D eigenvalue weighted by Crippen LogP contribution is -2.27. The highest BCUT2D eigenvalue weighted by atomic mass is 14.7. The molecule has 2 aliphatic carbocycles. The van der Waals surface area contributed by atoms with E-state index in [0.29, 0.717) is 5.92 Å². The average Bonchev–Trinajstić information content (AvgIpc) is 3.19. The fourth-order valence-corrected chi connectivity index (χ4v) is 6.48. The molecule has 3 aromatic rings. The van der Waals surface area contributed by atoms with Crippen LogP contribution in [0.5, 0.6) is 0 Å². The second kappa shape index (κ2) is 13.7. The molecular formula is C41H49N. The Labute approximate surface area is 254 Å². The van der Waals surface area contributed by atoms with E-state index in [1.807, 2.05) is 0 Å². The predicted molar refractivity (Wildman–Crippen MR) is 184 cm³/mol. The number of hydrogen-bond acceptors (Lipinski definition) is 1. The van der Waals surface area contributed by atoms with Crippen LogP contribution in [-0.4, -0.2) is 4.98 Å². The van der Waals surface area contributed by atoms with Crippen LogP contribution in [0.15, 0.2) is 72.8 Å². The molecule has 0 aliphatic heterocycles. The summed E-state index contributed by atoms with van der Waals surface area (Å²) in [6, 6.07) is 20.7. The summed E-state index contributed by atoms with van der Waals surface area (Å²) in [5.41, 5.74) is 11.4. The molecule has 42 heavy (non-hydrogen) atoms. The molecule has 0 amide bonds. The molecule has 0 spiro atoms. The maximum Gasteiger partial charge on any atom is 0.0708 e. The number of aromatic nitrogens is 1. The lowest BCUT2D eigenvalue weighted by atomic mass is 9.80. The van der Waals surface area contributed by atoms with Gasteiger partial charge in [0.15, 0.2) is 0 Å². The monoisotopic (exact) mass is 555 g/mol. The third-order valence-electron chi connectivity index (χ3n) is 9.45. The number of hydrogen-bond donors (Lipinski definition) is 0. The van der Waals surface area contributed by atoms with Gasteiger partial charge in [0.1, 0.15) is 0 Å². The van der Waals surface area contributed by atoms with Crippen LogP contribution in [0.4, 0.5) is 0 Å². The molecule has 1 nitrogen and oxygen atoms in total. The van der Waals surface area contributed by atoms with Crippen LogP contribution in [-0.2, 0) is 0 Å². The number of pyridine rings is 1. The first-order valence-corrected chi connectivity index (χ1v) is 16.3. The van der Waals surface area contributed by atoms with Gasteiger partial charge in [-0.05, 0) is 132 Å². The molecule has 3 atom stereocenters. The SMILES string of the molecule is C/C=C(\C(=C/CCCC)c1cccc(C)n1)c1cc(-c2ccc(C3=CCC(C)C(C)C3)cc2)c2c(c1)=CCC(C)CC=2. The van der Waals surface area contributed by atoms with E-state index >= 15 is 0 Å². The van der Waals surface area contributed by atoms with E-state index < -0.39 is 0 Å². The van der Waals surface area contributed by atoms with Crippen LogP contribution < -0.4 is 10.4 Å². The minimum Gasteiger partial charge on any atom is -0.253 e. The van der Waals surface area contributed by atoms with E-state index in [1.165, 1.54) is 75.1 Å². The number of allylic oxidation sites excluding steroid dienone is 6. The van der Waals surface area contributed by atoms with E-state index in [4.69, 9.17) is 4.98 Å². The van der Waals surface area contributed by atoms with Gasteiger partial charge in [-0.3, -0.25) is 4.98 Å². The van der Waals surface area contributed by atoms with Crippen molar-refractivity contribution in [2.75, 3.05) is 0 Å². The Hall–Kier alpha value is -3.45. The summed E-state index contributed by atoms with van der Waals surface area (Å²) in [5.74, 6) is 2.17. The predicted octanol–water partition coefficient (Wildman–Crippen LogP) is 10.2. The molecule has 0 saturated carbocycles. The maximum atomic E-state index is 4.98. The lowest BCUT2D eigenvalue weighted by Gasteiger charge is -2.26. The van der Waals surface area contributed by atoms with Gasteiger partial charge in [0, 0.05) is 11.3 Å². The minimum atomic E-state index is 0.654. The Morgan fingerprint density at radius 3 is 2.33 bits per heavy atom. The smallest absolute Gasteiger partial charge is 0.0708 e. The van der Waals surface area contributed by atoms with Gasteiger partial charge in [-0.15, -0.1) is 0 Å². The summed E-state index contributed by atoms with van der Waals surface area (Å²) in [5, 5.41) is 2.74. The van der Waals surface area contributed by atoms with Crippen molar-refractivity contribution in [1.82, 2.24) is 4.98 Å². The number of unbranched alkanes of at least 4 members (excludes halogenated alkanes) is 2. The van der Waals surface area contributed by atoms with Gasteiger partial charge in [-0.2, -0.15) is 0 Å². The van der Waals surface area contributed by atoms with E-state index in [-0.39, 0.29) is 0 Å². The summed E-state index contributed by atoms with van der Waals surface area (Å²) in [6.07, 6.45) is 20.2. The Morgan fingerprint density at radius 1 is 0.857 bits per heavy atom. The lowest BCUT2D eigenvalue weighted by molar-refractivity contribution is 0.386. The van der Waals surface area contributed by atoms with Crippen LogP contribution in [0.25, 0.3) is 40.0 Å². The number of aryl methyl sites for hydroxylation is 1. The van der Waals surface area contributed by atoms with E-state index in [0.717, 1.165) is 42.5 Å². The number of rotatable bonds is 8. The number of benzene rings is 2. The highest BCUT2D eigenvalue weighted by Gasteiger charge is 2.20. The van der Waals surface area contributed by atoms with Crippen LogP contribution >= 0.6 is 0 Å². The maximum absolute atomic E-state index is 4.98. The zero-order valence-corrected chi connectivity index (χ0v) is 26.7. The molecule has 1 heteroatoms. The molecule has 3 unspecified atom stereocenters. The molecule has 0 saturated heterocycles. The van der Waals surface area contributed by atoms with Crippen molar-refractivity contribution in [2.45, 2.75) is 86.5 Å². The molecular weight excluding hydrogens is 506 g/mol. The minimum absolute atomic E-state index is 0.654. The summed E-state index contributed by atoms with van der Waals surface area (Å²) >= 11 is 0. The molecule has 2 aromatic carbocycles. The van der Waals surface area contributed by atoms with Gasteiger partial charge in [-0.25, -0.2) is 0 Å². The molecule has 0 N–H and O–H groups in total. The van der Waals surface area contributed by atoms with Crippen molar-refractivity contribution in [3.63, 3.8) is 0 Å². The summed E-state index contributed by atoms with van der Waals surface area (Å²) in [4.78, 5) is 4.98. The molecule has 0 radical (unpaired) electrons. The van der Waals surface area contributed by atoms with Gasteiger partial charge >= 0.3 is 0 Å². The fraction of sp³-hybridized carbons (Fsp3) is 0.390. The van der Waals surface area contributed by atoms with Crippen molar-refractivity contribution in [3.8, 4) is 11.1 Å². The van der Waals surface area contributed by atoms with Gasteiger partial charge in [0.25, 0.3) is 0 Å². The van der Waals surface area contributed by atoms with Crippen molar-refractivity contribution >= 4 is 28.9 Å². The van der Waals surface area contributed by atoms with Crippen LogP contribution in [0, 0.1) is 24.7 Å². The van der Waals surface area contributed by atoms with Gasteiger partial charge in [0.05, 0.1) is 5.69 Å². The topological polar surface area (TPSA) is 12.9 Å². The quantitative estimate of drug-likeness (QED) is 0.199. The normalized spacial score (nSPS) is 21.1. The van der Waals surface area contributed by atoms with Crippen molar-refractivity contribution in [3.05, 3.63) is 106 Å². The molecule has 218 valence electrons. The highest BCUT2D eigenvalue weighted by molar-refractivity contribution is 6.04. The Kier molecular flexibility index (Phi) is 9.78. The first-order valence-electron chi connectivity index (χ1n) is 16.3. The molecule has 1 heterocycles. The van der Waals surface area contributed by atoms with Crippen molar-refractivity contribution in [2.24, 2.45) is 17.8 Å². The van der Waals surface area contributed by atoms with Crippen molar-refractivity contribution in [1.29, 1.82) is 0 Å². The summed E-state index contributed by atoms with van der Waals surface area (Å²) < 4.78 is 0. The third-order valence-corrected chi connectivity index (χ3v) is 9.45. The van der Waals surface area contributed by atoms with E-state index in [1.54, 1.807) is 0 Å². The molecule has 2 aliphatic rings. The molecule has 5 rings (SSSR count). The van der Waals surface area contributed by atoms with Crippen LogP contribution in [0.1, 0.15) is 102 Å². The van der Waals surface area contributed by atoms with Gasteiger partial charge in [0.2, 0.25) is 0 Å². The molecule has 1 aromatic heterocycles. The van der Waals surface area contributed by atoms with Crippen molar-refractivity contribution < 1.29 is 0 Å². The summed E-state index contributed by atoms with van der Waals surface area (Å²) in [7, 11) is 0. The standard InChI is InChI=1S/C41H49N/c1-7-9-10-13-39(41-14-11-12-31(6)42-41)37(8-2)36-26-35-18-15-28(3)16-24-38(35)40(27-36)33-22-20-32(21-23-33)34-19-17-29(4)30(5)25-34/h8,11-14,18-24,26-30H,7,9-10,15-17,25H2,1-6H3/b37-8-,39-13+. The Morgan fingerprint density at radius 2 is 1.62 bits per heavy atom. The number of fused-ring (bicyclic) bond motifs is 1. The van der Waals surface area contributed by atoms with E-state index in [2.05, 4.69) is 127 Å². The Balaban J connectivity index is 1.63. The Bertz CT molecular complexity index is 1610.